The molecule has 1 unspecified atom stereocenters. The topological polar surface area (TPSA) is 67.3 Å². The van der Waals surface area contributed by atoms with Crippen LogP contribution in [0.25, 0.3) is 0 Å². The second kappa shape index (κ2) is 9.76. The summed E-state index contributed by atoms with van der Waals surface area (Å²) in [6.07, 6.45) is 2.12. The zero-order valence-corrected chi connectivity index (χ0v) is 19.7. The van der Waals surface area contributed by atoms with Gasteiger partial charge >= 0.3 is 0 Å². The summed E-state index contributed by atoms with van der Waals surface area (Å²) in [5, 5.41) is 11.3. The fourth-order valence-electron chi connectivity index (χ4n) is 5.45. The van der Waals surface area contributed by atoms with Gasteiger partial charge in [-0.3, -0.25) is 14.5 Å². The van der Waals surface area contributed by atoms with Crippen molar-refractivity contribution in [3.63, 3.8) is 0 Å². The number of rotatable bonds is 6. The number of likely N-dealkylation sites (tertiary alicyclic amines) is 2. The summed E-state index contributed by atoms with van der Waals surface area (Å²) in [6.45, 7) is 6.55. The number of piperazine rings is 1. The fourth-order valence-corrected chi connectivity index (χ4v) is 5.45. The maximum atomic E-state index is 13.2. The van der Waals surface area contributed by atoms with Gasteiger partial charge in [0.05, 0.1) is 12.1 Å². The van der Waals surface area contributed by atoms with Crippen molar-refractivity contribution >= 4 is 17.5 Å². The van der Waals surface area contributed by atoms with E-state index < -0.39 is 5.60 Å². The number of β-amino-alcohol motifs (C(OH)–C–C–N with tert-alkyl or cyclic N) is 1. The molecule has 2 aromatic carbocycles. The van der Waals surface area contributed by atoms with Crippen LogP contribution in [0.5, 0.6) is 0 Å². The minimum absolute atomic E-state index is 0.0422. The van der Waals surface area contributed by atoms with Gasteiger partial charge in [-0.1, -0.05) is 30.3 Å². The van der Waals surface area contributed by atoms with E-state index in [4.69, 9.17) is 0 Å². The SMILES string of the molecule is O=C1CCCN1Cc1cccc(C(=O)N2CCC(O)(CN3CCN(c4ccccc4)CC3)C2)c1. The minimum atomic E-state index is -0.871. The van der Waals surface area contributed by atoms with E-state index in [1.165, 1.54) is 5.69 Å². The molecule has 1 atom stereocenters. The highest BCUT2D eigenvalue weighted by Crippen LogP contribution is 2.26. The molecule has 7 heteroatoms. The third-order valence-electron chi connectivity index (χ3n) is 7.35. The molecule has 3 fully saturated rings. The minimum Gasteiger partial charge on any atom is -0.387 e. The molecule has 0 aliphatic carbocycles. The van der Waals surface area contributed by atoms with Crippen LogP contribution in [0.15, 0.2) is 54.6 Å². The van der Waals surface area contributed by atoms with Gasteiger partial charge in [-0.05, 0) is 42.7 Å². The Kier molecular flexibility index (Phi) is 6.57. The largest absolute Gasteiger partial charge is 0.387 e. The number of anilines is 1. The summed E-state index contributed by atoms with van der Waals surface area (Å²) >= 11 is 0. The van der Waals surface area contributed by atoms with Crippen molar-refractivity contribution in [3.05, 3.63) is 65.7 Å². The van der Waals surface area contributed by atoms with Crippen molar-refractivity contribution in [2.45, 2.75) is 31.4 Å². The Morgan fingerprint density at radius 1 is 0.941 bits per heavy atom. The molecule has 5 rings (SSSR count). The molecule has 0 radical (unpaired) electrons. The number of para-hydroxylation sites is 1. The van der Waals surface area contributed by atoms with Crippen molar-refractivity contribution < 1.29 is 14.7 Å². The highest BCUT2D eigenvalue weighted by molar-refractivity contribution is 5.94. The maximum Gasteiger partial charge on any atom is 0.253 e. The second-order valence-corrected chi connectivity index (χ2v) is 9.92. The van der Waals surface area contributed by atoms with Gasteiger partial charge in [-0.2, -0.15) is 0 Å². The predicted octanol–water partition coefficient (Wildman–Crippen LogP) is 2.21. The first kappa shape index (κ1) is 22.9. The first-order valence-corrected chi connectivity index (χ1v) is 12.4. The normalized spacial score (nSPS) is 23.7. The Morgan fingerprint density at radius 2 is 1.74 bits per heavy atom. The van der Waals surface area contributed by atoms with Gasteiger partial charge in [-0.25, -0.2) is 0 Å². The van der Waals surface area contributed by atoms with E-state index in [2.05, 4.69) is 34.1 Å². The highest BCUT2D eigenvalue weighted by Gasteiger charge is 2.40. The predicted molar refractivity (Wildman–Crippen MR) is 132 cm³/mol. The monoisotopic (exact) mass is 462 g/mol. The van der Waals surface area contributed by atoms with Crippen LogP contribution < -0.4 is 4.90 Å². The van der Waals surface area contributed by atoms with Gasteiger partial charge < -0.3 is 19.8 Å². The van der Waals surface area contributed by atoms with Gasteiger partial charge in [0.25, 0.3) is 5.91 Å². The van der Waals surface area contributed by atoms with Crippen LogP contribution in [0.2, 0.25) is 0 Å². The summed E-state index contributed by atoms with van der Waals surface area (Å²) < 4.78 is 0. The molecular formula is C27H34N4O3. The Labute approximate surface area is 201 Å². The second-order valence-electron chi connectivity index (χ2n) is 9.92. The lowest BCUT2D eigenvalue weighted by Crippen LogP contribution is -2.53. The third kappa shape index (κ3) is 5.10. The molecule has 180 valence electrons. The average molecular weight is 463 g/mol. The van der Waals surface area contributed by atoms with Crippen LogP contribution in [-0.2, 0) is 11.3 Å². The highest BCUT2D eigenvalue weighted by atomic mass is 16.3. The number of nitrogens with zero attached hydrogens (tertiary/aromatic N) is 4. The summed E-state index contributed by atoms with van der Waals surface area (Å²) in [4.78, 5) is 33.5. The number of amides is 2. The summed E-state index contributed by atoms with van der Waals surface area (Å²) in [5.74, 6) is 0.144. The van der Waals surface area contributed by atoms with E-state index in [-0.39, 0.29) is 11.8 Å². The molecule has 3 saturated heterocycles. The Balaban J connectivity index is 1.15. The van der Waals surface area contributed by atoms with E-state index >= 15 is 0 Å². The number of hydrogen-bond acceptors (Lipinski definition) is 5. The lowest BCUT2D eigenvalue weighted by Gasteiger charge is -2.39. The smallest absolute Gasteiger partial charge is 0.253 e. The molecule has 0 bridgehead atoms. The van der Waals surface area contributed by atoms with Gasteiger partial charge in [0.15, 0.2) is 0 Å². The molecule has 0 aromatic heterocycles. The molecule has 3 aliphatic heterocycles. The van der Waals surface area contributed by atoms with Crippen LogP contribution in [-0.4, -0.2) is 89.6 Å². The first-order valence-electron chi connectivity index (χ1n) is 12.4. The molecule has 34 heavy (non-hydrogen) atoms. The zero-order valence-electron chi connectivity index (χ0n) is 19.7. The number of benzene rings is 2. The van der Waals surface area contributed by atoms with E-state index in [1.54, 1.807) is 4.90 Å². The molecule has 2 aromatic rings. The molecule has 3 aliphatic rings. The van der Waals surface area contributed by atoms with Crippen LogP contribution in [0.1, 0.15) is 35.2 Å². The Hall–Kier alpha value is -2.90. The van der Waals surface area contributed by atoms with Gasteiger partial charge in [-0.15, -0.1) is 0 Å². The summed E-state index contributed by atoms with van der Waals surface area (Å²) in [6, 6.07) is 18.0. The number of carbonyl (C=O) groups excluding carboxylic acids is 2. The van der Waals surface area contributed by atoms with E-state index in [0.717, 1.165) is 44.7 Å². The van der Waals surface area contributed by atoms with Crippen molar-refractivity contribution in [3.8, 4) is 0 Å². The molecule has 3 heterocycles. The molecular weight excluding hydrogens is 428 g/mol. The number of hydrogen-bond donors (Lipinski definition) is 1. The van der Waals surface area contributed by atoms with Crippen molar-refractivity contribution in [2.75, 3.05) is 57.3 Å². The summed E-state index contributed by atoms with van der Waals surface area (Å²) in [7, 11) is 0. The first-order chi connectivity index (χ1) is 16.5. The van der Waals surface area contributed by atoms with E-state index in [0.29, 0.717) is 44.6 Å². The van der Waals surface area contributed by atoms with Crippen LogP contribution in [0.3, 0.4) is 0 Å². The van der Waals surface area contributed by atoms with Crippen molar-refractivity contribution in [2.24, 2.45) is 0 Å². The number of carbonyl (C=O) groups is 2. The van der Waals surface area contributed by atoms with Gasteiger partial charge in [0, 0.05) is 70.0 Å². The average Bonchev–Trinajstić information content (AvgIpc) is 3.45. The van der Waals surface area contributed by atoms with Crippen LogP contribution in [0.4, 0.5) is 5.69 Å². The quantitative estimate of drug-likeness (QED) is 0.713. The zero-order chi connectivity index (χ0) is 23.5. The molecule has 0 spiro atoms. The fraction of sp³-hybridized carbons (Fsp3) is 0.481. The molecule has 2 amide bonds. The van der Waals surface area contributed by atoms with Crippen LogP contribution >= 0.6 is 0 Å². The Bertz CT molecular complexity index is 1020. The third-order valence-corrected chi connectivity index (χ3v) is 7.35. The molecule has 0 saturated carbocycles. The maximum absolute atomic E-state index is 13.2. The van der Waals surface area contributed by atoms with E-state index in [9.17, 15) is 14.7 Å². The number of aliphatic hydroxyl groups is 1. The lowest BCUT2D eigenvalue weighted by atomic mass is 10.0. The molecule has 7 nitrogen and oxygen atoms in total. The summed E-state index contributed by atoms with van der Waals surface area (Å²) in [5.41, 5.74) is 1.98. The Morgan fingerprint density at radius 3 is 2.47 bits per heavy atom. The van der Waals surface area contributed by atoms with E-state index in [1.807, 2.05) is 35.2 Å². The lowest BCUT2D eigenvalue weighted by molar-refractivity contribution is -0.128. The molecule has 1 N–H and O–H groups in total. The van der Waals surface area contributed by atoms with Gasteiger partial charge in [0.1, 0.15) is 0 Å². The van der Waals surface area contributed by atoms with Gasteiger partial charge in [0.2, 0.25) is 5.91 Å². The van der Waals surface area contributed by atoms with Crippen molar-refractivity contribution in [1.29, 1.82) is 0 Å². The van der Waals surface area contributed by atoms with Crippen LogP contribution in [0, 0.1) is 0 Å². The standard InChI is InChI=1S/C27H34N4O3/c32-25-10-5-12-30(25)19-22-6-4-7-23(18-22)26(33)31-13-11-27(34,21-31)20-28-14-16-29(17-15-28)24-8-2-1-3-9-24/h1-4,6-9,18,34H,5,10-17,19-21H2. The van der Waals surface area contributed by atoms with Crippen molar-refractivity contribution in [1.82, 2.24) is 14.7 Å².